The number of hydrogen-bond acceptors (Lipinski definition) is 7. The molecule has 0 saturated carbocycles. The highest BCUT2D eigenvalue weighted by atomic mass is 35.5. The van der Waals surface area contributed by atoms with E-state index >= 15 is 0 Å². The van der Waals surface area contributed by atoms with Crippen molar-refractivity contribution in [2.24, 2.45) is 13.0 Å². The lowest BCUT2D eigenvalue weighted by Gasteiger charge is -2.43. The Morgan fingerprint density at radius 3 is 2.72 bits per heavy atom. The van der Waals surface area contributed by atoms with Crippen LogP contribution in [0.1, 0.15) is 46.2 Å². The highest BCUT2D eigenvalue weighted by Gasteiger charge is 2.35. The summed E-state index contributed by atoms with van der Waals surface area (Å²) in [6, 6.07) is 2.12. The average molecular weight is 464 g/mol. The fourth-order valence-electron chi connectivity index (χ4n) is 3.98. The second-order valence-corrected chi connectivity index (χ2v) is 9.75. The lowest BCUT2D eigenvalue weighted by Crippen LogP contribution is -2.52. The van der Waals surface area contributed by atoms with Crippen LogP contribution in [0, 0.1) is 12.8 Å². The minimum absolute atomic E-state index is 0.191. The number of amides is 1. The molecular formula is C22H34ClN7O2. The molecule has 0 aromatic carbocycles. The second kappa shape index (κ2) is 9.52. The van der Waals surface area contributed by atoms with Crippen LogP contribution < -0.4 is 10.2 Å². The van der Waals surface area contributed by atoms with Gasteiger partial charge in [0.15, 0.2) is 11.6 Å². The van der Waals surface area contributed by atoms with E-state index in [0.717, 1.165) is 18.5 Å². The Morgan fingerprint density at radius 1 is 1.41 bits per heavy atom. The molecule has 1 fully saturated rings. The van der Waals surface area contributed by atoms with Gasteiger partial charge in [0, 0.05) is 45.0 Å². The number of anilines is 3. The van der Waals surface area contributed by atoms with E-state index in [-0.39, 0.29) is 18.1 Å². The summed E-state index contributed by atoms with van der Waals surface area (Å²) in [6.45, 7) is 11.0. The number of nitrogens with zero attached hydrogens (tertiary/aromatic N) is 6. The average Bonchev–Trinajstić information content (AvgIpc) is 3.04. The molecule has 2 aromatic rings. The molecule has 32 heavy (non-hydrogen) atoms. The molecule has 0 aliphatic carbocycles. The number of hydrogen-bond donors (Lipinski definition) is 1. The number of likely N-dealkylation sites (tertiary alicyclic amines) is 1. The van der Waals surface area contributed by atoms with Gasteiger partial charge in [-0.2, -0.15) is 10.1 Å². The van der Waals surface area contributed by atoms with Crippen molar-refractivity contribution in [1.82, 2.24) is 24.6 Å². The van der Waals surface area contributed by atoms with Crippen LogP contribution in [0.3, 0.4) is 0 Å². The number of aryl methyl sites for hydroxylation is 2. The molecule has 3 rings (SSSR count). The van der Waals surface area contributed by atoms with Crippen LogP contribution in [0.15, 0.2) is 12.3 Å². The van der Waals surface area contributed by atoms with E-state index in [1.165, 1.54) is 0 Å². The van der Waals surface area contributed by atoms with E-state index in [4.69, 9.17) is 16.3 Å². The Labute approximate surface area is 195 Å². The summed E-state index contributed by atoms with van der Waals surface area (Å²) in [5.74, 6) is 2.04. The maximum atomic E-state index is 12.6. The van der Waals surface area contributed by atoms with Crippen molar-refractivity contribution in [2.45, 2.75) is 59.1 Å². The van der Waals surface area contributed by atoms with E-state index in [1.54, 1.807) is 10.9 Å². The van der Waals surface area contributed by atoms with E-state index in [1.807, 2.05) is 52.8 Å². The molecule has 0 bridgehead atoms. The molecule has 176 valence electrons. The molecule has 10 heteroatoms. The van der Waals surface area contributed by atoms with Crippen molar-refractivity contribution < 1.29 is 9.53 Å². The Bertz CT molecular complexity index is 937. The van der Waals surface area contributed by atoms with Gasteiger partial charge in [-0.3, -0.25) is 4.68 Å². The molecule has 1 amide bonds. The van der Waals surface area contributed by atoms with Crippen LogP contribution in [0.25, 0.3) is 0 Å². The standard InChI is InChI=1S/C22H34ClN7O2/c1-8-15-13-30(21(31)32-22(3,4)5)10-9-17(15)28(6)19-16(23)12-24-20(26-19)25-18-11-14(2)29(7)27-18/h11-12,15,17H,8-10,13H2,1-7H3,(H,24,25,26,27). The van der Waals surface area contributed by atoms with Gasteiger partial charge in [-0.25, -0.2) is 9.78 Å². The number of nitrogens with one attached hydrogen (secondary N) is 1. The van der Waals surface area contributed by atoms with Crippen LogP contribution in [-0.4, -0.2) is 62.5 Å². The van der Waals surface area contributed by atoms with Crippen LogP contribution in [0.2, 0.25) is 5.02 Å². The van der Waals surface area contributed by atoms with Gasteiger partial charge in [0.05, 0.1) is 6.20 Å². The monoisotopic (exact) mass is 463 g/mol. The van der Waals surface area contributed by atoms with Gasteiger partial charge >= 0.3 is 6.09 Å². The molecule has 3 heterocycles. The summed E-state index contributed by atoms with van der Waals surface area (Å²) in [4.78, 5) is 25.4. The van der Waals surface area contributed by atoms with Gasteiger partial charge in [-0.1, -0.05) is 18.5 Å². The Kier molecular flexibility index (Phi) is 7.17. The first-order chi connectivity index (χ1) is 15.0. The fraction of sp³-hybridized carbons (Fsp3) is 0.636. The van der Waals surface area contributed by atoms with Crippen molar-refractivity contribution in [2.75, 3.05) is 30.4 Å². The zero-order chi connectivity index (χ0) is 23.6. The number of rotatable bonds is 5. The SMILES string of the molecule is CCC1CN(C(=O)OC(C)(C)C)CCC1N(C)c1nc(Nc2cc(C)n(C)n2)ncc1Cl. The molecule has 2 aromatic heterocycles. The van der Waals surface area contributed by atoms with Gasteiger partial charge in [0.2, 0.25) is 5.95 Å². The summed E-state index contributed by atoms with van der Waals surface area (Å²) in [7, 11) is 3.89. The first-order valence-corrected chi connectivity index (χ1v) is 11.4. The van der Waals surface area contributed by atoms with Crippen LogP contribution in [-0.2, 0) is 11.8 Å². The predicted molar refractivity (Wildman–Crippen MR) is 127 cm³/mol. The first-order valence-electron chi connectivity index (χ1n) is 11.0. The molecule has 1 aliphatic rings. The normalized spacial score (nSPS) is 19.1. The third kappa shape index (κ3) is 5.62. The fourth-order valence-corrected chi connectivity index (χ4v) is 4.21. The first kappa shape index (κ1) is 24.1. The number of piperidine rings is 1. The summed E-state index contributed by atoms with van der Waals surface area (Å²) in [6.07, 6.45) is 3.08. The van der Waals surface area contributed by atoms with Gasteiger partial charge in [-0.15, -0.1) is 0 Å². The summed E-state index contributed by atoms with van der Waals surface area (Å²) in [5.41, 5.74) is 0.526. The van der Waals surface area contributed by atoms with Crippen molar-refractivity contribution in [3.63, 3.8) is 0 Å². The molecule has 1 N–H and O–H groups in total. The highest BCUT2D eigenvalue weighted by Crippen LogP contribution is 2.32. The van der Waals surface area contributed by atoms with Gasteiger partial charge < -0.3 is 19.9 Å². The molecule has 0 spiro atoms. The summed E-state index contributed by atoms with van der Waals surface area (Å²) in [5, 5.41) is 8.03. The zero-order valence-electron chi connectivity index (χ0n) is 20.0. The minimum atomic E-state index is -0.504. The number of carbonyl (C=O) groups is 1. The van der Waals surface area contributed by atoms with Crippen LogP contribution in [0.5, 0.6) is 0 Å². The predicted octanol–water partition coefficient (Wildman–Crippen LogP) is 4.39. The lowest BCUT2D eigenvalue weighted by molar-refractivity contribution is 0.0144. The molecule has 9 nitrogen and oxygen atoms in total. The van der Waals surface area contributed by atoms with Crippen LogP contribution in [0.4, 0.5) is 22.4 Å². The highest BCUT2D eigenvalue weighted by molar-refractivity contribution is 6.32. The molecule has 0 radical (unpaired) electrons. The van der Waals surface area contributed by atoms with E-state index in [2.05, 4.69) is 32.2 Å². The largest absolute Gasteiger partial charge is 0.444 e. The minimum Gasteiger partial charge on any atom is -0.444 e. The molecule has 2 unspecified atom stereocenters. The van der Waals surface area contributed by atoms with Crippen molar-refractivity contribution >= 4 is 35.3 Å². The zero-order valence-corrected chi connectivity index (χ0v) is 20.8. The summed E-state index contributed by atoms with van der Waals surface area (Å²) >= 11 is 6.49. The van der Waals surface area contributed by atoms with Crippen molar-refractivity contribution in [3.8, 4) is 0 Å². The van der Waals surface area contributed by atoms with Crippen LogP contribution >= 0.6 is 11.6 Å². The Balaban J connectivity index is 1.74. The maximum absolute atomic E-state index is 12.6. The Hall–Kier alpha value is -2.55. The number of ether oxygens (including phenoxy) is 1. The van der Waals surface area contributed by atoms with Gasteiger partial charge in [0.1, 0.15) is 10.6 Å². The van der Waals surface area contributed by atoms with E-state index in [0.29, 0.717) is 35.7 Å². The molecule has 1 aliphatic heterocycles. The molecule has 1 saturated heterocycles. The third-order valence-electron chi connectivity index (χ3n) is 5.78. The maximum Gasteiger partial charge on any atom is 0.410 e. The number of halogens is 1. The second-order valence-electron chi connectivity index (χ2n) is 9.35. The number of carbonyl (C=O) groups excluding carboxylic acids is 1. The topological polar surface area (TPSA) is 88.4 Å². The van der Waals surface area contributed by atoms with E-state index < -0.39 is 5.60 Å². The molecular weight excluding hydrogens is 430 g/mol. The lowest BCUT2D eigenvalue weighted by atomic mass is 9.89. The number of aromatic nitrogens is 4. The Morgan fingerprint density at radius 2 is 2.12 bits per heavy atom. The summed E-state index contributed by atoms with van der Waals surface area (Å²) < 4.78 is 7.35. The molecule has 2 atom stereocenters. The third-order valence-corrected chi connectivity index (χ3v) is 6.05. The quantitative estimate of drug-likeness (QED) is 0.703. The van der Waals surface area contributed by atoms with Gasteiger partial charge in [0.25, 0.3) is 0 Å². The van der Waals surface area contributed by atoms with Crippen molar-refractivity contribution in [1.29, 1.82) is 0 Å². The smallest absolute Gasteiger partial charge is 0.410 e. The van der Waals surface area contributed by atoms with Gasteiger partial charge in [-0.05, 0) is 46.5 Å². The van der Waals surface area contributed by atoms with E-state index in [9.17, 15) is 4.79 Å². The van der Waals surface area contributed by atoms with Crippen molar-refractivity contribution in [3.05, 3.63) is 23.0 Å².